The standard InChI is InChI=1S/C27H27N3O4/c1-3-34-26(32)22-5-4-6-23(16-22)29-27(33)28-17-19-9-12-20-13-14-30(24(20)15-19)25(31)21-10-7-18(2)8-11-21/h4-12,15-16H,3,13-14,17H2,1-2H3,(H2,28,29,33). The number of nitrogens with zero attached hydrogens (tertiary/aromatic N) is 1. The summed E-state index contributed by atoms with van der Waals surface area (Å²) in [5.41, 5.74) is 5.52. The van der Waals surface area contributed by atoms with Gasteiger partial charge in [0.05, 0.1) is 12.2 Å². The minimum absolute atomic E-state index is 0.0249. The van der Waals surface area contributed by atoms with Gasteiger partial charge in [-0.15, -0.1) is 0 Å². The molecule has 0 spiro atoms. The summed E-state index contributed by atoms with van der Waals surface area (Å²) in [6.07, 6.45) is 0.804. The van der Waals surface area contributed by atoms with Crippen LogP contribution in [0.3, 0.4) is 0 Å². The summed E-state index contributed by atoms with van der Waals surface area (Å²) in [5, 5.41) is 5.56. The van der Waals surface area contributed by atoms with E-state index < -0.39 is 12.0 Å². The van der Waals surface area contributed by atoms with E-state index in [1.807, 2.05) is 49.4 Å². The molecular weight excluding hydrogens is 430 g/mol. The summed E-state index contributed by atoms with van der Waals surface area (Å²) in [7, 11) is 0. The SMILES string of the molecule is CCOC(=O)c1cccc(NC(=O)NCc2ccc3c(c2)N(C(=O)c2ccc(C)cc2)CC3)c1. The molecule has 174 valence electrons. The Kier molecular flexibility index (Phi) is 6.92. The van der Waals surface area contributed by atoms with Crippen LogP contribution in [-0.2, 0) is 17.7 Å². The Morgan fingerprint density at radius 3 is 2.53 bits per heavy atom. The number of nitrogens with one attached hydrogen (secondary N) is 2. The van der Waals surface area contributed by atoms with Crippen molar-refractivity contribution in [3.05, 3.63) is 94.5 Å². The first-order valence-corrected chi connectivity index (χ1v) is 11.3. The molecule has 0 saturated carbocycles. The highest BCUT2D eigenvalue weighted by Gasteiger charge is 2.25. The van der Waals surface area contributed by atoms with Gasteiger partial charge >= 0.3 is 12.0 Å². The third-order valence-corrected chi connectivity index (χ3v) is 5.67. The number of urea groups is 1. The molecule has 0 radical (unpaired) electrons. The molecule has 1 heterocycles. The summed E-state index contributed by atoms with van der Waals surface area (Å²) in [6, 6.07) is 19.7. The van der Waals surface area contributed by atoms with Gasteiger partial charge in [0.15, 0.2) is 0 Å². The van der Waals surface area contributed by atoms with Crippen molar-refractivity contribution in [2.45, 2.75) is 26.8 Å². The number of carbonyl (C=O) groups is 3. The van der Waals surface area contributed by atoms with Gasteiger partial charge in [0, 0.05) is 30.0 Å². The van der Waals surface area contributed by atoms with Crippen molar-refractivity contribution in [3.63, 3.8) is 0 Å². The Bertz CT molecular complexity index is 1220. The van der Waals surface area contributed by atoms with Crippen LogP contribution in [0.1, 0.15) is 44.3 Å². The van der Waals surface area contributed by atoms with E-state index in [4.69, 9.17) is 4.74 Å². The average Bonchev–Trinajstić information content (AvgIpc) is 3.26. The number of anilines is 2. The van der Waals surface area contributed by atoms with Crippen molar-refractivity contribution < 1.29 is 19.1 Å². The quantitative estimate of drug-likeness (QED) is 0.526. The van der Waals surface area contributed by atoms with Gasteiger partial charge in [-0.1, -0.05) is 35.9 Å². The smallest absolute Gasteiger partial charge is 0.338 e. The molecule has 0 unspecified atom stereocenters. The topological polar surface area (TPSA) is 87.7 Å². The van der Waals surface area contributed by atoms with Gasteiger partial charge in [0.2, 0.25) is 0 Å². The van der Waals surface area contributed by atoms with Crippen molar-refractivity contribution in [3.8, 4) is 0 Å². The van der Waals surface area contributed by atoms with Crippen molar-refractivity contribution in [1.29, 1.82) is 0 Å². The predicted molar refractivity (Wildman–Crippen MR) is 131 cm³/mol. The van der Waals surface area contributed by atoms with E-state index in [1.165, 1.54) is 0 Å². The lowest BCUT2D eigenvalue weighted by Crippen LogP contribution is -2.29. The molecule has 1 aliphatic rings. The number of rotatable bonds is 6. The lowest BCUT2D eigenvalue weighted by Gasteiger charge is -2.18. The fourth-order valence-electron chi connectivity index (χ4n) is 3.89. The van der Waals surface area contributed by atoms with E-state index in [0.717, 1.165) is 28.8 Å². The van der Waals surface area contributed by atoms with Gasteiger partial charge in [-0.05, 0) is 67.8 Å². The maximum absolute atomic E-state index is 13.0. The van der Waals surface area contributed by atoms with Gasteiger partial charge in [0.25, 0.3) is 5.91 Å². The van der Waals surface area contributed by atoms with Crippen molar-refractivity contribution >= 4 is 29.3 Å². The van der Waals surface area contributed by atoms with Gasteiger partial charge in [-0.25, -0.2) is 9.59 Å². The summed E-state index contributed by atoms with van der Waals surface area (Å²) in [5.74, 6) is -0.461. The first-order valence-electron chi connectivity index (χ1n) is 11.3. The Morgan fingerprint density at radius 1 is 0.971 bits per heavy atom. The third kappa shape index (κ3) is 5.26. The maximum atomic E-state index is 13.0. The summed E-state index contributed by atoms with van der Waals surface area (Å²) >= 11 is 0. The van der Waals surface area contributed by atoms with E-state index in [-0.39, 0.29) is 12.5 Å². The molecule has 4 rings (SSSR count). The molecular formula is C27H27N3O4. The van der Waals surface area contributed by atoms with E-state index in [2.05, 4.69) is 10.6 Å². The summed E-state index contributed by atoms with van der Waals surface area (Å²) in [4.78, 5) is 39.1. The first-order chi connectivity index (χ1) is 16.4. The second-order valence-corrected chi connectivity index (χ2v) is 8.14. The molecule has 0 aliphatic carbocycles. The first kappa shape index (κ1) is 23.0. The Labute approximate surface area is 198 Å². The van der Waals surface area contributed by atoms with E-state index in [1.54, 1.807) is 36.1 Å². The Balaban J connectivity index is 1.39. The zero-order valence-electron chi connectivity index (χ0n) is 19.3. The molecule has 0 aromatic heterocycles. The zero-order valence-corrected chi connectivity index (χ0v) is 19.3. The van der Waals surface area contributed by atoms with Gasteiger partial charge in [-0.2, -0.15) is 0 Å². The molecule has 7 nitrogen and oxygen atoms in total. The second kappa shape index (κ2) is 10.2. The van der Waals surface area contributed by atoms with Crippen LogP contribution >= 0.6 is 0 Å². The molecule has 1 aliphatic heterocycles. The van der Waals surface area contributed by atoms with Gasteiger partial charge in [-0.3, -0.25) is 4.79 Å². The second-order valence-electron chi connectivity index (χ2n) is 8.14. The number of hydrogen-bond donors (Lipinski definition) is 2. The van der Waals surface area contributed by atoms with Crippen LogP contribution in [0.5, 0.6) is 0 Å². The van der Waals surface area contributed by atoms with Crippen LogP contribution in [0, 0.1) is 6.92 Å². The van der Waals surface area contributed by atoms with E-state index in [9.17, 15) is 14.4 Å². The molecule has 0 fully saturated rings. The number of esters is 1. The average molecular weight is 458 g/mol. The Hall–Kier alpha value is -4.13. The number of carbonyl (C=O) groups excluding carboxylic acids is 3. The largest absolute Gasteiger partial charge is 0.462 e. The number of hydrogen-bond acceptors (Lipinski definition) is 4. The highest BCUT2D eigenvalue weighted by Crippen LogP contribution is 2.30. The molecule has 0 bridgehead atoms. The van der Waals surface area contributed by atoms with Crippen LogP contribution in [-0.4, -0.2) is 31.1 Å². The molecule has 3 aromatic rings. The van der Waals surface area contributed by atoms with Crippen molar-refractivity contribution in [2.24, 2.45) is 0 Å². The minimum Gasteiger partial charge on any atom is -0.462 e. The summed E-state index contributed by atoms with van der Waals surface area (Å²) in [6.45, 7) is 4.95. The number of ether oxygens (including phenoxy) is 1. The Morgan fingerprint density at radius 2 is 1.76 bits per heavy atom. The molecule has 7 heteroatoms. The van der Waals surface area contributed by atoms with Crippen LogP contribution in [0.4, 0.5) is 16.2 Å². The fourth-order valence-corrected chi connectivity index (χ4v) is 3.89. The highest BCUT2D eigenvalue weighted by atomic mass is 16.5. The molecule has 2 N–H and O–H groups in total. The molecule has 0 atom stereocenters. The van der Waals surface area contributed by atoms with Gasteiger partial charge in [0.1, 0.15) is 0 Å². The zero-order chi connectivity index (χ0) is 24.1. The van der Waals surface area contributed by atoms with Crippen LogP contribution in [0.25, 0.3) is 0 Å². The fraction of sp³-hybridized carbons (Fsp3) is 0.222. The number of benzene rings is 3. The number of fused-ring (bicyclic) bond motifs is 1. The normalized spacial score (nSPS) is 12.1. The van der Waals surface area contributed by atoms with Crippen LogP contribution in [0.15, 0.2) is 66.7 Å². The number of aryl methyl sites for hydroxylation is 1. The van der Waals surface area contributed by atoms with Crippen molar-refractivity contribution in [1.82, 2.24) is 5.32 Å². The number of amides is 3. The predicted octanol–water partition coefficient (Wildman–Crippen LogP) is 4.70. The monoisotopic (exact) mass is 457 g/mol. The summed E-state index contributed by atoms with van der Waals surface area (Å²) < 4.78 is 4.99. The minimum atomic E-state index is -0.436. The lowest BCUT2D eigenvalue weighted by molar-refractivity contribution is 0.0526. The van der Waals surface area contributed by atoms with E-state index >= 15 is 0 Å². The highest BCUT2D eigenvalue weighted by molar-refractivity contribution is 6.07. The van der Waals surface area contributed by atoms with Crippen LogP contribution in [0.2, 0.25) is 0 Å². The lowest BCUT2D eigenvalue weighted by atomic mass is 10.1. The van der Waals surface area contributed by atoms with Gasteiger partial charge < -0.3 is 20.3 Å². The third-order valence-electron chi connectivity index (χ3n) is 5.67. The molecule has 3 amide bonds. The van der Waals surface area contributed by atoms with E-state index in [0.29, 0.717) is 29.9 Å². The molecule has 34 heavy (non-hydrogen) atoms. The van der Waals surface area contributed by atoms with Crippen molar-refractivity contribution in [2.75, 3.05) is 23.4 Å². The maximum Gasteiger partial charge on any atom is 0.338 e. The molecule has 0 saturated heterocycles. The molecule has 3 aromatic carbocycles. The van der Waals surface area contributed by atoms with Crippen LogP contribution < -0.4 is 15.5 Å².